The van der Waals surface area contributed by atoms with E-state index in [1.54, 1.807) is 11.4 Å². The molecule has 182 valence electrons. The van der Waals surface area contributed by atoms with Gasteiger partial charge in [0, 0.05) is 16.9 Å². The van der Waals surface area contributed by atoms with Gasteiger partial charge < -0.3 is 15.4 Å². The van der Waals surface area contributed by atoms with E-state index in [-0.39, 0.29) is 37.2 Å². The van der Waals surface area contributed by atoms with Gasteiger partial charge in [0.2, 0.25) is 5.91 Å². The van der Waals surface area contributed by atoms with Gasteiger partial charge in [-0.05, 0) is 31.9 Å². The first-order valence-corrected chi connectivity index (χ1v) is 11.9. The van der Waals surface area contributed by atoms with Crippen molar-refractivity contribution >= 4 is 45.8 Å². The highest BCUT2D eigenvalue weighted by molar-refractivity contribution is 7.13. The fourth-order valence-corrected chi connectivity index (χ4v) is 4.38. The third kappa shape index (κ3) is 7.35. The van der Waals surface area contributed by atoms with Gasteiger partial charge in [0.25, 0.3) is 0 Å². The fourth-order valence-electron chi connectivity index (χ4n) is 3.68. The summed E-state index contributed by atoms with van der Waals surface area (Å²) in [5.41, 5.74) is 2.54. The predicted molar refractivity (Wildman–Crippen MR) is 129 cm³/mol. The molecule has 4 N–H and O–H groups in total. The second kappa shape index (κ2) is 12.2. The molecule has 0 bridgehead atoms. The van der Waals surface area contributed by atoms with Gasteiger partial charge in [-0.2, -0.15) is 0 Å². The molecule has 1 aromatic heterocycles. The number of hydrogen-bond acceptors (Lipinski definition) is 8. The number of aryl methyl sites for hydroxylation is 1. The molecule has 3 amide bonds. The van der Waals surface area contributed by atoms with Crippen molar-refractivity contribution in [1.82, 2.24) is 15.6 Å². The first-order valence-electron chi connectivity index (χ1n) is 11.1. The van der Waals surface area contributed by atoms with E-state index in [2.05, 4.69) is 31.0 Å². The Morgan fingerprint density at radius 1 is 1.12 bits per heavy atom. The number of ketones is 1. The normalized spacial score (nSPS) is 13.4. The molecule has 0 radical (unpaired) electrons. The Bertz CT molecular complexity index is 1050. The Morgan fingerprint density at radius 2 is 1.88 bits per heavy atom. The van der Waals surface area contributed by atoms with Crippen molar-refractivity contribution in [2.24, 2.45) is 5.92 Å². The smallest absolute Gasteiger partial charge is 0.325 e. The number of benzene rings is 1. The molecule has 1 aliphatic carbocycles. The first-order chi connectivity index (χ1) is 16.4. The third-order valence-electron chi connectivity index (χ3n) is 5.44. The number of hydrogen-bond donors (Lipinski definition) is 4. The average Bonchev–Trinajstić information content (AvgIpc) is 3.50. The molecular formula is C23H29N5O5S. The summed E-state index contributed by atoms with van der Waals surface area (Å²) in [7, 11) is 1.27. The summed E-state index contributed by atoms with van der Waals surface area (Å²) in [6.07, 6.45) is 3.89. The molecular weight excluding hydrogens is 458 g/mol. The molecule has 10 nitrogen and oxygen atoms in total. The Hall–Kier alpha value is -3.31. The molecule has 0 aliphatic heterocycles. The minimum absolute atomic E-state index is 0.0119. The van der Waals surface area contributed by atoms with E-state index in [4.69, 9.17) is 0 Å². The molecule has 0 spiro atoms. The number of nitrogens with one attached hydrogen (secondary N) is 4. The number of carbonyl (C=O) groups is 4. The van der Waals surface area contributed by atoms with Crippen molar-refractivity contribution in [1.29, 1.82) is 0 Å². The van der Waals surface area contributed by atoms with Crippen LogP contribution >= 0.6 is 11.3 Å². The second-order valence-electron chi connectivity index (χ2n) is 8.07. The van der Waals surface area contributed by atoms with Gasteiger partial charge in [-0.3, -0.25) is 25.0 Å². The molecule has 0 unspecified atom stereocenters. The summed E-state index contributed by atoms with van der Waals surface area (Å²) in [6, 6.07) is 4.92. The number of ether oxygens (including phenoxy) is 1. The van der Waals surface area contributed by atoms with E-state index in [1.165, 1.54) is 18.4 Å². The van der Waals surface area contributed by atoms with E-state index >= 15 is 0 Å². The monoisotopic (exact) mass is 487 g/mol. The molecule has 1 aliphatic rings. The highest BCUT2D eigenvalue weighted by Gasteiger charge is 2.26. The number of amides is 3. The van der Waals surface area contributed by atoms with Crippen LogP contribution in [-0.2, 0) is 20.9 Å². The van der Waals surface area contributed by atoms with Crippen LogP contribution in [0.5, 0.6) is 0 Å². The van der Waals surface area contributed by atoms with Gasteiger partial charge in [0.1, 0.15) is 0 Å². The maximum Gasteiger partial charge on any atom is 0.325 e. The van der Waals surface area contributed by atoms with Crippen LogP contribution < -0.4 is 21.3 Å². The van der Waals surface area contributed by atoms with Crippen molar-refractivity contribution < 1.29 is 23.9 Å². The zero-order chi connectivity index (χ0) is 24.5. The number of carbonyl (C=O) groups excluding carboxylic acids is 4. The van der Waals surface area contributed by atoms with E-state index in [1.807, 2.05) is 19.1 Å². The van der Waals surface area contributed by atoms with E-state index in [0.29, 0.717) is 22.1 Å². The van der Waals surface area contributed by atoms with Crippen LogP contribution in [-0.4, -0.2) is 48.9 Å². The van der Waals surface area contributed by atoms with Gasteiger partial charge in [-0.15, -0.1) is 11.3 Å². The molecule has 11 heteroatoms. The maximum absolute atomic E-state index is 13.0. The van der Waals surface area contributed by atoms with Gasteiger partial charge >= 0.3 is 12.0 Å². The van der Waals surface area contributed by atoms with Crippen molar-refractivity contribution in [2.75, 3.05) is 30.8 Å². The highest BCUT2D eigenvalue weighted by atomic mass is 32.1. The highest BCUT2D eigenvalue weighted by Crippen LogP contribution is 2.31. The number of nitrogens with zero attached hydrogens (tertiary/aromatic N) is 1. The standard InChI is InChI=1S/C23H29N5O5S/c1-14-7-8-18(17(9-14)21(31)15-5-3-4-6-15)27-22(32)28-23-26-16(13-34-23)10-25-19(29)11-24-12-20(30)33-2/h7-9,13,15,24H,3-6,10-12H2,1-2H3,(H,25,29)(H2,26,27,28,32). The largest absolute Gasteiger partial charge is 0.468 e. The summed E-state index contributed by atoms with van der Waals surface area (Å²) in [6.45, 7) is 2.00. The van der Waals surface area contributed by atoms with Crippen LogP contribution in [0.15, 0.2) is 23.6 Å². The van der Waals surface area contributed by atoms with Gasteiger partial charge in [0.05, 0.1) is 38.1 Å². The second-order valence-corrected chi connectivity index (χ2v) is 8.93. The minimum Gasteiger partial charge on any atom is -0.468 e. The number of urea groups is 1. The topological polar surface area (TPSA) is 139 Å². The van der Waals surface area contributed by atoms with E-state index in [9.17, 15) is 19.2 Å². The van der Waals surface area contributed by atoms with E-state index < -0.39 is 12.0 Å². The third-order valence-corrected chi connectivity index (χ3v) is 6.24. The zero-order valence-electron chi connectivity index (χ0n) is 19.2. The molecule has 3 rings (SSSR count). The quantitative estimate of drug-likeness (QED) is 0.299. The van der Waals surface area contributed by atoms with Crippen LogP contribution in [0, 0.1) is 12.8 Å². The van der Waals surface area contributed by atoms with Crippen molar-refractivity contribution in [3.05, 3.63) is 40.4 Å². The predicted octanol–water partition coefficient (Wildman–Crippen LogP) is 2.85. The first kappa shape index (κ1) is 25.3. The number of anilines is 2. The van der Waals surface area contributed by atoms with Crippen LogP contribution in [0.25, 0.3) is 0 Å². The number of methoxy groups -OCH3 is 1. The minimum atomic E-state index is -0.499. The van der Waals surface area contributed by atoms with Crippen LogP contribution in [0.3, 0.4) is 0 Å². The Balaban J connectivity index is 1.51. The number of thiazole rings is 1. The number of rotatable bonds is 10. The van der Waals surface area contributed by atoms with Gasteiger partial charge in [-0.25, -0.2) is 9.78 Å². The lowest BCUT2D eigenvalue weighted by Gasteiger charge is -2.14. The lowest BCUT2D eigenvalue weighted by molar-refractivity contribution is -0.139. The Labute approximate surface area is 201 Å². The summed E-state index contributed by atoms with van der Waals surface area (Å²) >= 11 is 1.22. The molecule has 1 saturated carbocycles. The lowest BCUT2D eigenvalue weighted by atomic mass is 9.94. The van der Waals surface area contributed by atoms with E-state index in [0.717, 1.165) is 31.2 Å². The SMILES string of the molecule is COC(=O)CNCC(=O)NCc1csc(NC(=O)Nc2ccc(C)cc2C(=O)C2CCCC2)n1. The summed E-state index contributed by atoms with van der Waals surface area (Å²) in [5, 5.41) is 12.9. The van der Waals surface area contributed by atoms with Gasteiger partial charge in [0.15, 0.2) is 10.9 Å². The molecule has 1 aromatic carbocycles. The fraction of sp³-hybridized carbons (Fsp3) is 0.435. The summed E-state index contributed by atoms with van der Waals surface area (Å²) in [4.78, 5) is 52.7. The lowest BCUT2D eigenvalue weighted by Crippen LogP contribution is -2.36. The van der Waals surface area contributed by atoms with Crippen LogP contribution in [0.2, 0.25) is 0 Å². The average molecular weight is 488 g/mol. The number of Topliss-reactive ketones (excluding diaryl/α,β-unsaturated/α-hetero) is 1. The Kier molecular flexibility index (Phi) is 9.11. The van der Waals surface area contributed by atoms with Crippen molar-refractivity contribution in [3.8, 4) is 0 Å². The van der Waals surface area contributed by atoms with Crippen LogP contribution in [0.4, 0.5) is 15.6 Å². The maximum atomic E-state index is 13.0. The summed E-state index contributed by atoms with van der Waals surface area (Å²) in [5.74, 6) is -0.674. The molecule has 2 aromatic rings. The summed E-state index contributed by atoms with van der Waals surface area (Å²) < 4.78 is 4.48. The van der Waals surface area contributed by atoms with Crippen molar-refractivity contribution in [3.63, 3.8) is 0 Å². The number of esters is 1. The molecule has 1 fully saturated rings. The Morgan fingerprint density at radius 3 is 2.62 bits per heavy atom. The molecule has 0 saturated heterocycles. The molecule has 34 heavy (non-hydrogen) atoms. The molecule has 1 heterocycles. The van der Waals surface area contributed by atoms with Crippen LogP contribution in [0.1, 0.15) is 47.3 Å². The van der Waals surface area contributed by atoms with Gasteiger partial charge in [-0.1, -0.05) is 24.5 Å². The van der Waals surface area contributed by atoms with Crippen molar-refractivity contribution in [2.45, 2.75) is 39.2 Å². The molecule has 0 atom stereocenters. The zero-order valence-corrected chi connectivity index (χ0v) is 20.0. The number of aromatic nitrogens is 1.